The second kappa shape index (κ2) is 5.16. The fourth-order valence-electron chi connectivity index (χ4n) is 1.54. The zero-order valence-corrected chi connectivity index (χ0v) is 9.87. The number of hydrazine groups is 1. The van der Waals surface area contributed by atoms with E-state index in [1.165, 1.54) is 0 Å². The third-order valence-corrected chi connectivity index (χ3v) is 3.34. The highest BCUT2D eigenvalue weighted by atomic mass is 32.1. The van der Waals surface area contributed by atoms with Gasteiger partial charge in [0.05, 0.1) is 11.0 Å². The van der Waals surface area contributed by atoms with Crippen molar-refractivity contribution in [1.82, 2.24) is 15.4 Å². The zero-order chi connectivity index (χ0) is 11.4. The number of nitrogens with zero attached hydrogens (tertiary/aromatic N) is 2. The molecule has 0 saturated heterocycles. The van der Waals surface area contributed by atoms with E-state index in [2.05, 4.69) is 20.8 Å². The Morgan fingerprint density at radius 3 is 2.75 bits per heavy atom. The van der Waals surface area contributed by atoms with Crippen molar-refractivity contribution in [3.8, 4) is 0 Å². The molecule has 4 nitrogen and oxygen atoms in total. The molecule has 1 atom stereocenters. The first kappa shape index (κ1) is 11.2. The van der Waals surface area contributed by atoms with Gasteiger partial charge in [-0.05, 0) is 24.6 Å². The van der Waals surface area contributed by atoms with Crippen LogP contribution in [0.1, 0.15) is 22.3 Å². The summed E-state index contributed by atoms with van der Waals surface area (Å²) in [6.45, 7) is 2.00. The van der Waals surface area contributed by atoms with Crippen LogP contribution in [0, 0.1) is 6.92 Å². The first-order chi connectivity index (χ1) is 7.79. The minimum atomic E-state index is 0.0912. The Bertz CT molecular complexity index is 440. The summed E-state index contributed by atoms with van der Waals surface area (Å²) >= 11 is 1.67. The minimum Gasteiger partial charge on any atom is -0.271 e. The fourth-order valence-corrected chi connectivity index (χ4v) is 2.36. The van der Waals surface area contributed by atoms with Crippen LogP contribution in [0.4, 0.5) is 0 Å². The van der Waals surface area contributed by atoms with Gasteiger partial charge in [-0.25, -0.2) is 4.98 Å². The van der Waals surface area contributed by atoms with E-state index in [-0.39, 0.29) is 6.04 Å². The van der Waals surface area contributed by atoms with Gasteiger partial charge in [-0.3, -0.25) is 16.3 Å². The number of nitrogens with two attached hydrogens (primary N) is 1. The third kappa shape index (κ3) is 2.63. The molecule has 0 aliphatic heterocycles. The predicted molar refractivity (Wildman–Crippen MR) is 64.9 cm³/mol. The number of thiazole rings is 1. The van der Waals surface area contributed by atoms with Gasteiger partial charge in [0.15, 0.2) is 0 Å². The Morgan fingerprint density at radius 2 is 2.19 bits per heavy atom. The van der Waals surface area contributed by atoms with Crippen LogP contribution >= 0.6 is 11.3 Å². The van der Waals surface area contributed by atoms with Gasteiger partial charge >= 0.3 is 0 Å². The van der Waals surface area contributed by atoms with Gasteiger partial charge in [-0.1, -0.05) is 0 Å². The lowest BCUT2D eigenvalue weighted by Gasteiger charge is -2.14. The standard InChI is InChI=1S/C11H14N4S/c1-8-7-16-11(14-8)6-10(15-12)9-2-4-13-5-3-9/h2-5,7,10,15H,6,12H2,1H3. The highest BCUT2D eigenvalue weighted by Gasteiger charge is 2.12. The normalized spacial score (nSPS) is 12.6. The van der Waals surface area contributed by atoms with E-state index in [9.17, 15) is 0 Å². The number of aryl methyl sites for hydroxylation is 1. The summed E-state index contributed by atoms with van der Waals surface area (Å²) in [7, 11) is 0. The molecule has 0 aliphatic rings. The number of hydrogen-bond acceptors (Lipinski definition) is 5. The van der Waals surface area contributed by atoms with Crippen molar-refractivity contribution in [2.24, 2.45) is 5.84 Å². The van der Waals surface area contributed by atoms with Crippen molar-refractivity contribution in [2.75, 3.05) is 0 Å². The second-order valence-corrected chi connectivity index (χ2v) is 4.53. The molecule has 2 heterocycles. The quantitative estimate of drug-likeness (QED) is 0.623. The topological polar surface area (TPSA) is 63.8 Å². The summed E-state index contributed by atoms with van der Waals surface area (Å²) in [4.78, 5) is 8.42. The molecule has 2 aromatic heterocycles. The van der Waals surface area contributed by atoms with E-state index >= 15 is 0 Å². The Labute approximate surface area is 98.5 Å². The molecule has 84 valence electrons. The fraction of sp³-hybridized carbons (Fsp3) is 0.273. The lowest BCUT2D eigenvalue weighted by molar-refractivity contribution is 0.550. The highest BCUT2D eigenvalue weighted by Crippen LogP contribution is 2.19. The van der Waals surface area contributed by atoms with Gasteiger partial charge in [0.25, 0.3) is 0 Å². The van der Waals surface area contributed by atoms with Gasteiger partial charge in [-0.15, -0.1) is 11.3 Å². The summed E-state index contributed by atoms with van der Waals surface area (Å²) in [5.74, 6) is 5.57. The second-order valence-electron chi connectivity index (χ2n) is 3.59. The molecule has 3 N–H and O–H groups in total. The molecular weight excluding hydrogens is 220 g/mol. The smallest absolute Gasteiger partial charge is 0.0947 e. The molecule has 2 rings (SSSR count). The first-order valence-corrected chi connectivity index (χ1v) is 5.94. The SMILES string of the molecule is Cc1csc(CC(NN)c2ccncc2)n1. The summed E-state index contributed by atoms with van der Waals surface area (Å²) in [6, 6.07) is 4.02. The molecule has 0 spiro atoms. The van der Waals surface area contributed by atoms with Gasteiger partial charge in [-0.2, -0.15) is 0 Å². The lowest BCUT2D eigenvalue weighted by atomic mass is 10.1. The van der Waals surface area contributed by atoms with Gasteiger partial charge in [0.2, 0.25) is 0 Å². The molecule has 0 aliphatic carbocycles. The van der Waals surface area contributed by atoms with Gasteiger partial charge in [0, 0.05) is 29.9 Å². The number of hydrogen-bond donors (Lipinski definition) is 2. The molecule has 0 fully saturated rings. The van der Waals surface area contributed by atoms with E-state index in [0.717, 1.165) is 22.7 Å². The Balaban J connectivity index is 2.12. The molecule has 5 heteroatoms. The Kier molecular flexibility index (Phi) is 3.61. The average molecular weight is 234 g/mol. The van der Waals surface area contributed by atoms with E-state index < -0.39 is 0 Å². The van der Waals surface area contributed by atoms with Crippen LogP contribution in [0.2, 0.25) is 0 Å². The van der Waals surface area contributed by atoms with Crippen LogP contribution in [0.3, 0.4) is 0 Å². The van der Waals surface area contributed by atoms with Crippen LogP contribution in [0.25, 0.3) is 0 Å². The van der Waals surface area contributed by atoms with Crippen molar-refractivity contribution in [3.05, 3.63) is 46.2 Å². The van der Waals surface area contributed by atoms with Crippen LogP contribution in [-0.2, 0) is 6.42 Å². The van der Waals surface area contributed by atoms with Crippen LogP contribution in [0.15, 0.2) is 29.9 Å². The van der Waals surface area contributed by atoms with Crippen molar-refractivity contribution < 1.29 is 0 Å². The van der Waals surface area contributed by atoms with Crippen LogP contribution in [-0.4, -0.2) is 9.97 Å². The molecule has 16 heavy (non-hydrogen) atoms. The average Bonchev–Trinajstić information content (AvgIpc) is 2.73. The molecule has 0 bridgehead atoms. The predicted octanol–water partition coefficient (Wildman–Crippen LogP) is 1.59. The number of aromatic nitrogens is 2. The van der Waals surface area contributed by atoms with E-state index in [0.29, 0.717) is 0 Å². The van der Waals surface area contributed by atoms with Crippen molar-refractivity contribution >= 4 is 11.3 Å². The summed E-state index contributed by atoms with van der Waals surface area (Å²) < 4.78 is 0. The monoisotopic (exact) mass is 234 g/mol. The van der Waals surface area contributed by atoms with Crippen molar-refractivity contribution in [2.45, 2.75) is 19.4 Å². The zero-order valence-electron chi connectivity index (χ0n) is 9.05. The lowest BCUT2D eigenvalue weighted by Crippen LogP contribution is -2.29. The van der Waals surface area contributed by atoms with E-state index in [1.54, 1.807) is 23.7 Å². The summed E-state index contributed by atoms with van der Waals surface area (Å²) in [5.41, 5.74) is 5.01. The molecular formula is C11H14N4S. The van der Waals surface area contributed by atoms with E-state index in [1.807, 2.05) is 19.1 Å². The maximum atomic E-state index is 5.57. The maximum absolute atomic E-state index is 5.57. The molecule has 1 unspecified atom stereocenters. The van der Waals surface area contributed by atoms with Crippen molar-refractivity contribution in [3.63, 3.8) is 0 Å². The molecule has 0 amide bonds. The van der Waals surface area contributed by atoms with E-state index in [4.69, 9.17) is 5.84 Å². The summed E-state index contributed by atoms with van der Waals surface area (Å²) in [6.07, 6.45) is 4.35. The molecule has 0 saturated carbocycles. The van der Waals surface area contributed by atoms with Crippen LogP contribution in [0.5, 0.6) is 0 Å². The number of nitrogens with one attached hydrogen (secondary N) is 1. The Hall–Kier alpha value is -1.30. The number of pyridine rings is 1. The maximum Gasteiger partial charge on any atom is 0.0947 e. The first-order valence-electron chi connectivity index (χ1n) is 5.06. The third-order valence-electron chi connectivity index (χ3n) is 2.35. The highest BCUT2D eigenvalue weighted by molar-refractivity contribution is 7.09. The number of rotatable bonds is 4. The molecule has 0 radical (unpaired) electrons. The molecule has 0 aromatic carbocycles. The van der Waals surface area contributed by atoms with Crippen LogP contribution < -0.4 is 11.3 Å². The van der Waals surface area contributed by atoms with Crippen molar-refractivity contribution in [1.29, 1.82) is 0 Å². The summed E-state index contributed by atoms with van der Waals surface area (Å²) in [5, 5.41) is 3.15. The van der Waals surface area contributed by atoms with Gasteiger partial charge in [0.1, 0.15) is 0 Å². The minimum absolute atomic E-state index is 0.0912. The van der Waals surface area contributed by atoms with Gasteiger partial charge < -0.3 is 0 Å². The molecule has 2 aromatic rings. The Morgan fingerprint density at radius 1 is 1.44 bits per heavy atom. The largest absolute Gasteiger partial charge is 0.271 e.